The van der Waals surface area contributed by atoms with Crippen molar-refractivity contribution in [3.05, 3.63) is 23.8 Å². The summed E-state index contributed by atoms with van der Waals surface area (Å²) in [6.07, 6.45) is -2.01. The molecule has 0 aromatic heterocycles. The van der Waals surface area contributed by atoms with Gasteiger partial charge in [0.05, 0.1) is 12.2 Å². The molecule has 3 nitrogen and oxygen atoms in total. The third-order valence-electron chi connectivity index (χ3n) is 2.96. The van der Waals surface area contributed by atoms with Crippen LogP contribution in [0.5, 0.6) is 0 Å². The predicted octanol–water partition coefficient (Wildman–Crippen LogP) is 3.13. The lowest BCUT2D eigenvalue weighted by molar-refractivity contribution is -0.136. The molecule has 0 spiro atoms. The van der Waals surface area contributed by atoms with E-state index in [0.717, 1.165) is 6.07 Å². The smallest absolute Gasteiger partial charge is 0.399 e. The molecule has 0 unspecified atom stereocenters. The second-order valence-electron chi connectivity index (χ2n) is 4.75. The van der Waals surface area contributed by atoms with E-state index in [1.165, 1.54) is 25.0 Å². The highest BCUT2D eigenvalue weighted by molar-refractivity contribution is 5.59. The molecule has 106 valence electrons. The highest BCUT2D eigenvalue weighted by Crippen LogP contribution is 2.36. The van der Waals surface area contributed by atoms with Crippen molar-refractivity contribution >= 4 is 11.4 Å². The maximum absolute atomic E-state index is 12.8. The number of alkyl halides is 3. The van der Waals surface area contributed by atoms with Gasteiger partial charge in [-0.3, -0.25) is 0 Å². The van der Waals surface area contributed by atoms with Gasteiger partial charge in [-0.2, -0.15) is 13.2 Å². The molecule has 3 N–H and O–H groups in total. The number of anilines is 2. The van der Waals surface area contributed by atoms with Gasteiger partial charge < -0.3 is 15.8 Å². The van der Waals surface area contributed by atoms with Crippen LogP contribution in [0.4, 0.5) is 24.5 Å². The molecular formula is C13H17F3N2O. The van der Waals surface area contributed by atoms with Crippen LogP contribution in [0.3, 0.4) is 0 Å². The predicted molar refractivity (Wildman–Crippen MR) is 67.9 cm³/mol. The van der Waals surface area contributed by atoms with E-state index in [0.29, 0.717) is 25.7 Å². The van der Waals surface area contributed by atoms with Crippen LogP contribution in [0.2, 0.25) is 0 Å². The Bertz CT molecular complexity index is 430. The van der Waals surface area contributed by atoms with Gasteiger partial charge in [0.2, 0.25) is 0 Å². The molecule has 19 heavy (non-hydrogen) atoms. The molecule has 0 saturated heterocycles. The Kier molecular flexibility index (Phi) is 4.19. The van der Waals surface area contributed by atoms with Crippen molar-refractivity contribution < 1.29 is 17.9 Å². The maximum Gasteiger partial charge on any atom is 0.418 e. The Morgan fingerprint density at radius 3 is 2.68 bits per heavy atom. The van der Waals surface area contributed by atoms with E-state index >= 15 is 0 Å². The third-order valence-corrected chi connectivity index (χ3v) is 2.96. The lowest BCUT2D eigenvalue weighted by atomic mass is 10.1. The lowest BCUT2D eigenvalue weighted by Crippen LogP contribution is -2.15. The number of nitrogen functional groups attached to an aromatic ring is 1. The van der Waals surface area contributed by atoms with E-state index in [1.54, 1.807) is 0 Å². The SMILES string of the molecule is Nc1ccc(NCCOCC2CC2)c(C(F)(F)F)c1. The Hall–Kier alpha value is -1.43. The highest BCUT2D eigenvalue weighted by atomic mass is 19.4. The summed E-state index contributed by atoms with van der Waals surface area (Å²) in [6, 6.07) is 3.73. The fourth-order valence-corrected chi connectivity index (χ4v) is 1.74. The fraction of sp³-hybridized carbons (Fsp3) is 0.538. The summed E-state index contributed by atoms with van der Waals surface area (Å²) in [5.74, 6) is 0.655. The molecule has 0 aliphatic heterocycles. The molecule has 0 amide bonds. The minimum Gasteiger partial charge on any atom is -0.399 e. The van der Waals surface area contributed by atoms with Crippen molar-refractivity contribution in [1.82, 2.24) is 0 Å². The first-order valence-electron chi connectivity index (χ1n) is 6.25. The van der Waals surface area contributed by atoms with Gasteiger partial charge >= 0.3 is 6.18 Å². The number of halogens is 3. The highest BCUT2D eigenvalue weighted by Gasteiger charge is 2.33. The molecule has 0 bridgehead atoms. The van der Waals surface area contributed by atoms with Crippen LogP contribution in [0.1, 0.15) is 18.4 Å². The zero-order chi connectivity index (χ0) is 13.9. The van der Waals surface area contributed by atoms with Gasteiger partial charge in [0.15, 0.2) is 0 Å². The summed E-state index contributed by atoms with van der Waals surface area (Å²) in [6.45, 7) is 1.45. The van der Waals surface area contributed by atoms with Crippen LogP contribution >= 0.6 is 0 Å². The van der Waals surface area contributed by atoms with Crippen molar-refractivity contribution in [2.24, 2.45) is 5.92 Å². The molecule has 0 atom stereocenters. The van der Waals surface area contributed by atoms with Gasteiger partial charge in [0.1, 0.15) is 0 Å². The molecule has 1 aromatic carbocycles. The molecule has 1 aliphatic rings. The molecule has 6 heteroatoms. The molecular weight excluding hydrogens is 257 g/mol. The van der Waals surface area contributed by atoms with Crippen LogP contribution in [-0.4, -0.2) is 19.8 Å². The number of benzene rings is 1. The monoisotopic (exact) mass is 274 g/mol. The quantitative estimate of drug-likeness (QED) is 0.619. The number of ether oxygens (including phenoxy) is 1. The first-order valence-corrected chi connectivity index (χ1v) is 6.25. The van der Waals surface area contributed by atoms with Crippen molar-refractivity contribution in [3.63, 3.8) is 0 Å². The van der Waals surface area contributed by atoms with E-state index in [4.69, 9.17) is 10.5 Å². The molecule has 1 aliphatic carbocycles. The van der Waals surface area contributed by atoms with Crippen molar-refractivity contribution in [1.29, 1.82) is 0 Å². The standard InChI is InChI=1S/C13H17F3N2O/c14-13(15,16)11-7-10(17)3-4-12(11)18-5-6-19-8-9-1-2-9/h3-4,7,9,18H,1-2,5-6,8,17H2. The largest absolute Gasteiger partial charge is 0.418 e. The number of nitrogens with one attached hydrogen (secondary N) is 1. The van der Waals surface area contributed by atoms with Gasteiger partial charge in [-0.25, -0.2) is 0 Å². The van der Waals surface area contributed by atoms with Crippen LogP contribution < -0.4 is 11.1 Å². The van der Waals surface area contributed by atoms with Crippen molar-refractivity contribution in [2.75, 3.05) is 30.8 Å². The molecule has 0 heterocycles. The number of hydrogen-bond donors (Lipinski definition) is 2. The minimum atomic E-state index is -4.41. The Morgan fingerprint density at radius 1 is 1.32 bits per heavy atom. The molecule has 1 fully saturated rings. The Labute approximate surface area is 109 Å². The van der Waals surface area contributed by atoms with E-state index in [9.17, 15) is 13.2 Å². The normalized spacial score (nSPS) is 15.5. The van der Waals surface area contributed by atoms with Crippen LogP contribution in [0.15, 0.2) is 18.2 Å². The van der Waals surface area contributed by atoms with Crippen molar-refractivity contribution in [3.8, 4) is 0 Å². The minimum absolute atomic E-state index is 0.0386. The van der Waals surface area contributed by atoms with Crippen LogP contribution in [0.25, 0.3) is 0 Å². The fourth-order valence-electron chi connectivity index (χ4n) is 1.74. The maximum atomic E-state index is 12.8. The molecule has 2 rings (SSSR count). The zero-order valence-electron chi connectivity index (χ0n) is 10.5. The number of rotatable bonds is 6. The van der Waals surface area contributed by atoms with Crippen LogP contribution in [-0.2, 0) is 10.9 Å². The van der Waals surface area contributed by atoms with Gasteiger partial charge in [-0.1, -0.05) is 0 Å². The first kappa shape index (κ1) is 14.0. The van der Waals surface area contributed by atoms with Gasteiger partial charge in [-0.05, 0) is 37.0 Å². The van der Waals surface area contributed by atoms with E-state index in [2.05, 4.69) is 5.32 Å². The zero-order valence-corrected chi connectivity index (χ0v) is 10.5. The molecule has 1 saturated carbocycles. The van der Waals surface area contributed by atoms with E-state index < -0.39 is 11.7 Å². The Morgan fingerprint density at radius 2 is 2.05 bits per heavy atom. The van der Waals surface area contributed by atoms with Crippen LogP contribution in [0, 0.1) is 5.92 Å². The summed E-state index contributed by atoms with van der Waals surface area (Å²) < 4.78 is 43.7. The lowest BCUT2D eigenvalue weighted by Gasteiger charge is -2.15. The van der Waals surface area contributed by atoms with Gasteiger partial charge in [0, 0.05) is 24.5 Å². The molecule has 1 aromatic rings. The van der Waals surface area contributed by atoms with Gasteiger partial charge in [0.25, 0.3) is 0 Å². The van der Waals surface area contributed by atoms with Gasteiger partial charge in [-0.15, -0.1) is 0 Å². The second kappa shape index (κ2) is 5.69. The van der Waals surface area contributed by atoms with E-state index in [1.807, 2.05) is 0 Å². The summed E-state index contributed by atoms with van der Waals surface area (Å²) in [4.78, 5) is 0. The summed E-state index contributed by atoms with van der Waals surface area (Å²) in [7, 11) is 0. The average Bonchev–Trinajstić information content (AvgIpc) is 3.13. The number of nitrogens with two attached hydrogens (primary N) is 1. The van der Waals surface area contributed by atoms with Crippen molar-refractivity contribution in [2.45, 2.75) is 19.0 Å². The molecule has 0 radical (unpaired) electrons. The summed E-state index contributed by atoms with van der Waals surface area (Å²) in [5.41, 5.74) is 4.79. The second-order valence-corrected chi connectivity index (χ2v) is 4.75. The Balaban J connectivity index is 1.87. The first-order chi connectivity index (χ1) is 8.97. The summed E-state index contributed by atoms with van der Waals surface area (Å²) in [5, 5.41) is 2.74. The third kappa shape index (κ3) is 4.31. The van der Waals surface area contributed by atoms with E-state index in [-0.39, 0.29) is 11.4 Å². The summed E-state index contributed by atoms with van der Waals surface area (Å²) >= 11 is 0. The topological polar surface area (TPSA) is 47.3 Å². The number of hydrogen-bond acceptors (Lipinski definition) is 3. The average molecular weight is 274 g/mol.